The van der Waals surface area contributed by atoms with E-state index in [1.54, 1.807) is 19.1 Å². The van der Waals surface area contributed by atoms with Gasteiger partial charge in [0.1, 0.15) is 5.56 Å². The molecule has 0 bridgehead atoms. The maximum absolute atomic E-state index is 12.7. The predicted octanol–water partition coefficient (Wildman–Crippen LogP) is 3.37. The molecular formula is C16H14F3NO2. The van der Waals surface area contributed by atoms with Crippen molar-refractivity contribution in [1.82, 2.24) is 4.57 Å². The summed E-state index contributed by atoms with van der Waals surface area (Å²) in [5.74, 6) is -0.400. The molecule has 0 saturated heterocycles. The standard InChI is InChI=1S/C16H14F3NO2/c1-10-5-6-11(2)12(8-10)14(21)9-20-7-3-4-13(15(20)22)16(17,18)19/h3-8H,9H2,1-2H3. The summed E-state index contributed by atoms with van der Waals surface area (Å²) in [6.45, 7) is 3.13. The average molecular weight is 309 g/mol. The first-order chi connectivity index (χ1) is 10.2. The average Bonchev–Trinajstić information content (AvgIpc) is 2.42. The number of hydrogen-bond acceptors (Lipinski definition) is 2. The molecule has 0 N–H and O–H groups in total. The molecule has 0 amide bonds. The zero-order valence-electron chi connectivity index (χ0n) is 12.1. The molecule has 2 rings (SSSR count). The highest BCUT2D eigenvalue weighted by molar-refractivity contribution is 5.97. The van der Waals surface area contributed by atoms with Crippen molar-refractivity contribution in [3.05, 3.63) is 69.1 Å². The SMILES string of the molecule is Cc1ccc(C)c(C(=O)Cn2cccc(C(F)(F)F)c2=O)c1. The van der Waals surface area contributed by atoms with Crippen LogP contribution in [0.5, 0.6) is 0 Å². The van der Waals surface area contributed by atoms with Crippen LogP contribution in [-0.2, 0) is 12.7 Å². The maximum Gasteiger partial charge on any atom is 0.421 e. The minimum Gasteiger partial charge on any atom is -0.307 e. The van der Waals surface area contributed by atoms with E-state index in [-0.39, 0.29) is 0 Å². The van der Waals surface area contributed by atoms with Crippen molar-refractivity contribution in [2.24, 2.45) is 0 Å². The Bertz CT molecular complexity index is 776. The molecule has 0 aliphatic rings. The van der Waals surface area contributed by atoms with Gasteiger partial charge in [-0.15, -0.1) is 0 Å². The van der Waals surface area contributed by atoms with Crippen LogP contribution >= 0.6 is 0 Å². The van der Waals surface area contributed by atoms with Crippen molar-refractivity contribution in [2.45, 2.75) is 26.6 Å². The quantitative estimate of drug-likeness (QED) is 0.816. The van der Waals surface area contributed by atoms with Crippen molar-refractivity contribution in [3.63, 3.8) is 0 Å². The Morgan fingerprint density at radius 3 is 2.50 bits per heavy atom. The third-order valence-corrected chi connectivity index (χ3v) is 3.33. The molecule has 0 fully saturated rings. The number of Topliss-reactive ketones (excluding diaryl/α,β-unsaturated/α-hetero) is 1. The van der Waals surface area contributed by atoms with E-state index < -0.39 is 29.6 Å². The summed E-state index contributed by atoms with van der Waals surface area (Å²) < 4.78 is 38.9. The van der Waals surface area contributed by atoms with Crippen molar-refractivity contribution in [1.29, 1.82) is 0 Å². The number of halogens is 3. The monoisotopic (exact) mass is 309 g/mol. The second kappa shape index (κ2) is 5.79. The van der Waals surface area contributed by atoms with E-state index in [1.165, 1.54) is 6.20 Å². The molecule has 6 heteroatoms. The van der Waals surface area contributed by atoms with E-state index in [1.807, 2.05) is 13.0 Å². The number of nitrogens with zero attached hydrogens (tertiary/aromatic N) is 1. The lowest BCUT2D eigenvalue weighted by atomic mass is 10.0. The summed E-state index contributed by atoms with van der Waals surface area (Å²) in [5.41, 5.74) is -0.498. The molecule has 2 aromatic rings. The number of rotatable bonds is 3. The molecule has 0 radical (unpaired) electrons. The molecular weight excluding hydrogens is 295 g/mol. The van der Waals surface area contributed by atoms with Gasteiger partial charge in [0.15, 0.2) is 5.78 Å². The summed E-state index contributed by atoms with van der Waals surface area (Å²) in [5, 5.41) is 0. The Labute approximate surface area is 125 Å². The fourth-order valence-electron chi connectivity index (χ4n) is 2.15. The molecule has 0 aliphatic heterocycles. The van der Waals surface area contributed by atoms with Crippen molar-refractivity contribution in [2.75, 3.05) is 0 Å². The van der Waals surface area contributed by atoms with Gasteiger partial charge in [0.05, 0.1) is 6.54 Å². The zero-order chi connectivity index (χ0) is 16.5. The van der Waals surface area contributed by atoms with Gasteiger partial charge in [0.25, 0.3) is 5.56 Å². The Kier molecular flexibility index (Phi) is 4.21. The largest absolute Gasteiger partial charge is 0.421 e. The first-order valence-electron chi connectivity index (χ1n) is 6.57. The second-order valence-electron chi connectivity index (χ2n) is 5.09. The smallest absolute Gasteiger partial charge is 0.307 e. The Morgan fingerprint density at radius 1 is 1.18 bits per heavy atom. The number of alkyl halides is 3. The van der Waals surface area contributed by atoms with Crippen LogP contribution in [0.25, 0.3) is 0 Å². The van der Waals surface area contributed by atoms with Crippen molar-refractivity contribution in [3.8, 4) is 0 Å². The van der Waals surface area contributed by atoms with Crippen LogP contribution < -0.4 is 5.56 Å². The Morgan fingerprint density at radius 2 is 1.86 bits per heavy atom. The predicted molar refractivity (Wildman–Crippen MR) is 76.0 cm³/mol. The van der Waals surface area contributed by atoms with Gasteiger partial charge in [-0.05, 0) is 37.6 Å². The van der Waals surface area contributed by atoms with Gasteiger partial charge in [0, 0.05) is 11.8 Å². The number of benzene rings is 1. The molecule has 3 nitrogen and oxygen atoms in total. The van der Waals surface area contributed by atoms with Crippen LogP contribution in [0.3, 0.4) is 0 Å². The molecule has 1 aromatic heterocycles. The van der Waals surface area contributed by atoms with Gasteiger partial charge in [0.2, 0.25) is 0 Å². The molecule has 0 atom stereocenters. The van der Waals surface area contributed by atoms with Gasteiger partial charge in [-0.25, -0.2) is 0 Å². The molecule has 1 aromatic carbocycles. The summed E-state index contributed by atoms with van der Waals surface area (Å²) in [7, 11) is 0. The fourth-order valence-corrected chi connectivity index (χ4v) is 2.15. The number of aromatic nitrogens is 1. The van der Waals surface area contributed by atoms with E-state index >= 15 is 0 Å². The highest BCUT2D eigenvalue weighted by Crippen LogP contribution is 2.26. The van der Waals surface area contributed by atoms with Gasteiger partial charge in [-0.3, -0.25) is 9.59 Å². The van der Waals surface area contributed by atoms with E-state index in [4.69, 9.17) is 0 Å². The number of hydrogen-bond donors (Lipinski definition) is 0. The van der Waals surface area contributed by atoms with Crippen LogP contribution in [0.2, 0.25) is 0 Å². The summed E-state index contributed by atoms with van der Waals surface area (Å²) in [6.07, 6.45) is -3.55. The highest BCUT2D eigenvalue weighted by Gasteiger charge is 2.34. The number of carbonyl (C=O) groups is 1. The Hall–Kier alpha value is -2.37. The van der Waals surface area contributed by atoms with Crippen molar-refractivity contribution >= 4 is 5.78 Å². The van der Waals surface area contributed by atoms with E-state index in [9.17, 15) is 22.8 Å². The van der Waals surface area contributed by atoms with Gasteiger partial charge >= 0.3 is 6.18 Å². The molecule has 22 heavy (non-hydrogen) atoms. The topological polar surface area (TPSA) is 39.1 Å². The number of carbonyl (C=O) groups excluding carboxylic acids is 1. The number of aryl methyl sites for hydroxylation is 2. The lowest BCUT2D eigenvalue weighted by Gasteiger charge is -2.11. The first-order valence-corrected chi connectivity index (χ1v) is 6.57. The third kappa shape index (κ3) is 3.27. The number of pyridine rings is 1. The van der Waals surface area contributed by atoms with Crippen LogP contribution in [-0.4, -0.2) is 10.4 Å². The first kappa shape index (κ1) is 16.0. The summed E-state index contributed by atoms with van der Waals surface area (Å²) in [4.78, 5) is 24.1. The molecule has 0 unspecified atom stereocenters. The molecule has 0 saturated carbocycles. The van der Waals surface area contributed by atoms with Crippen LogP contribution in [0.1, 0.15) is 27.0 Å². The second-order valence-corrected chi connectivity index (χ2v) is 5.09. The van der Waals surface area contributed by atoms with Gasteiger partial charge in [-0.2, -0.15) is 13.2 Å². The molecule has 0 aliphatic carbocycles. The molecule has 0 spiro atoms. The van der Waals surface area contributed by atoms with Crippen molar-refractivity contribution < 1.29 is 18.0 Å². The van der Waals surface area contributed by atoms with E-state index in [0.29, 0.717) is 11.6 Å². The highest BCUT2D eigenvalue weighted by atomic mass is 19.4. The lowest BCUT2D eigenvalue weighted by Crippen LogP contribution is -2.30. The summed E-state index contributed by atoms with van der Waals surface area (Å²) in [6, 6.07) is 7.08. The number of ketones is 1. The third-order valence-electron chi connectivity index (χ3n) is 3.33. The van der Waals surface area contributed by atoms with Crippen LogP contribution in [0.4, 0.5) is 13.2 Å². The Balaban J connectivity index is 2.38. The lowest BCUT2D eigenvalue weighted by molar-refractivity contribution is -0.138. The van der Waals surface area contributed by atoms with Crippen LogP contribution in [0, 0.1) is 13.8 Å². The molecule has 116 valence electrons. The van der Waals surface area contributed by atoms with E-state index in [0.717, 1.165) is 21.8 Å². The van der Waals surface area contributed by atoms with Gasteiger partial charge < -0.3 is 4.57 Å². The minimum atomic E-state index is -4.73. The summed E-state index contributed by atoms with van der Waals surface area (Å²) >= 11 is 0. The zero-order valence-corrected chi connectivity index (χ0v) is 12.1. The minimum absolute atomic E-state index is 0.400. The van der Waals surface area contributed by atoms with E-state index in [2.05, 4.69) is 0 Å². The normalized spacial score (nSPS) is 11.5. The maximum atomic E-state index is 12.7. The fraction of sp³-hybridized carbons (Fsp3) is 0.250. The van der Waals surface area contributed by atoms with Crippen LogP contribution in [0.15, 0.2) is 41.3 Å². The van der Waals surface area contributed by atoms with Gasteiger partial charge in [-0.1, -0.05) is 17.7 Å². The molecule has 1 heterocycles.